The number of carbonyl (C=O) groups is 3. The van der Waals surface area contributed by atoms with E-state index in [-0.39, 0.29) is 28.0 Å². The predicted octanol–water partition coefficient (Wildman–Crippen LogP) is 1.73. The first-order chi connectivity index (χ1) is 12.9. The number of H-pyrrole nitrogens is 1. The number of hydrazine groups is 1. The van der Waals surface area contributed by atoms with E-state index in [1.165, 1.54) is 6.20 Å². The van der Waals surface area contributed by atoms with Gasteiger partial charge in [0.1, 0.15) is 5.69 Å². The number of rotatable bonds is 4. The molecule has 0 radical (unpaired) electrons. The lowest BCUT2D eigenvalue weighted by molar-refractivity contribution is -0.113. The lowest BCUT2D eigenvalue weighted by Crippen LogP contribution is -2.42. The molecule has 4 N–H and O–H groups in total. The molecule has 0 aliphatic heterocycles. The fraction of sp³-hybridized carbons (Fsp3) is 0.0556. The van der Waals surface area contributed by atoms with E-state index in [9.17, 15) is 18.8 Å². The van der Waals surface area contributed by atoms with Crippen molar-refractivity contribution in [2.75, 3.05) is 0 Å². The van der Waals surface area contributed by atoms with Crippen molar-refractivity contribution >= 4 is 34.2 Å². The average Bonchev–Trinajstić information content (AvgIpc) is 3.12. The van der Waals surface area contributed by atoms with E-state index in [2.05, 4.69) is 20.8 Å². The first kappa shape index (κ1) is 17.9. The topological polar surface area (TPSA) is 128 Å². The maximum atomic E-state index is 14.2. The molecule has 9 heteroatoms. The number of nitrogens with one attached hydrogen (secondary N) is 4. The van der Waals surface area contributed by atoms with Gasteiger partial charge < -0.3 is 4.98 Å². The zero-order valence-corrected chi connectivity index (χ0v) is 14.1. The summed E-state index contributed by atoms with van der Waals surface area (Å²) >= 11 is 0. The number of hydrogen-bond acceptors (Lipinski definition) is 5. The van der Waals surface area contributed by atoms with E-state index in [4.69, 9.17) is 5.41 Å². The summed E-state index contributed by atoms with van der Waals surface area (Å²) in [5, 5.41) is 7.92. The Bertz CT molecular complexity index is 1080. The van der Waals surface area contributed by atoms with Gasteiger partial charge in [-0.25, -0.2) is 9.37 Å². The summed E-state index contributed by atoms with van der Waals surface area (Å²) in [5.74, 6) is -3.20. The first-order valence-electron chi connectivity index (χ1n) is 7.81. The van der Waals surface area contributed by atoms with Crippen molar-refractivity contribution in [1.82, 2.24) is 20.8 Å². The lowest BCUT2D eigenvalue weighted by atomic mass is 10.1. The standard InChI is InChI=1S/C18H14FN5O3/c1-9(25)16(26)11-7-21-14-13(11)12(19)8-22-15(14)17(20)23-24-18(27)10-5-3-2-4-6-10/h2-8,21H,1H3,(H2,20,23)(H,24,27). The molecular weight excluding hydrogens is 353 g/mol. The molecule has 2 aromatic heterocycles. The van der Waals surface area contributed by atoms with Crippen LogP contribution in [-0.4, -0.2) is 33.3 Å². The van der Waals surface area contributed by atoms with Gasteiger partial charge >= 0.3 is 0 Å². The van der Waals surface area contributed by atoms with Crippen molar-refractivity contribution in [1.29, 1.82) is 5.41 Å². The molecule has 0 atom stereocenters. The summed E-state index contributed by atoms with van der Waals surface area (Å²) in [5.41, 5.74) is 5.01. The maximum absolute atomic E-state index is 14.2. The van der Waals surface area contributed by atoms with Gasteiger partial charge in [0.05, 0.1) is 22.7 Å². The molecule has 1 amide bonds. The Balaban J connectivity index is 1.87. The van der Waals surface area contributed by atoms with Crippen LogP contribution < -0.4 is 10.9 Å². The van der Waals surface area contributed by atoms with Crippen molar-refractivity contribution in [2.24, 2.45) is 0 Å². The van der Waals surface area contributed by atoms with Crippen molar-refractivity contribution < 1.29 is 18.8 Å². The minimum absolute atomic E-state index is 0.0256. The van der Waals surface area contributed by atoms with Gasteiger partial charge in [0.2, 0.25) is 5.78 Å². The fourth-order valence-electron chi connectivity index (χ4n) is 2.51. The number of fused-ring (bicyclic) bond motifs is 1. The second kappa shape index (κ2) is 7.16. The summed E-state index contributed by atoms with van der Waals surface area (Å²) in [6.07, 6.45) is 2.04. The fourth-order valence-corrected chi connectivity index (χ4v) is 2.51. The van der Waals surface area contributed by atoms with E-state index in [1.54, 1.807) is 30.3 Å². The molecule has 0 saturated carbocycles. The number of pyridine rings is 1. The van der Waals surface area contributed by atoms with E-state index >= 15 is 0 Å². The van der Waals surface area contributed by atoms with E-state index in [1.807, 2.05) is 0 Å². The number of amidine groups is 1. The molecule has 136 valence electrons. The molecule has 0 aliphatic carbocycles. The Labute approximate surface area is 152 Å². The van der Waals surface area contributed by atoms with E-state index in [0.29, 0.717) is 5.56 Å². The Morgan fingerprint density at radius 3 is 2.52 bits per heavy atom. The second-order valence-corrected chi connectivity index (χ2v) is 5.61. The number of aromatic nitrogens is 2. The van der Waals surface area contributed by atoms with E-state index in [0.717, 1.165) is 13.1 Å². The van der Waals surface area contributed by atoms with Gasteiger partial charge in [-0.3, -0.25) is 30.6 Å². The smallest absolute Gasteiger partial charge is 0.269 e. The van der Waals surface area contributed by atoms with Crippen LogP contribution in [-0.2, 0) is 4.79 Å². The highest BCUT2D eigenvalue weighted by molar-refractivity contribution is 6.45. The van der Waals surface area contributed by atoms with Crippen LogP contribution in [0.15, 0.2) is 42.7 Å². The monoisotopic (exact) mass is 367 g/mol. The van der Waals surface area contributed by atoms with Crippen LogP contribution in [0.2, 0.25) is 0 Å². The number of aromatic amines is 1. The first-order valence-corrected chi connectivity index (χ1v) is 7.81. The van der Waals surface area contributed by atoms with Crippen LogP contribution >= 0.6 is 0 Å². The summed E-state index contributed by atoms with van der Waals surface area (Å²) in [7, 11) is 0. The number of benzene rings is 1. The zero-order valence-electron chi connectivity index (χ0n) is 14.1. The molecule has 8 nitrogen and oxygen atoms in total. The molecule has 0 saturated heterocycles. The quantitative estimate of drug-likeness (QED) is 0.184. The molecule has 0 spiro atoms. The molecule has 2 heterocycles. The summed E-state index contributed by atoms with van der Waals surface area (Å²) in [6, 6.07) is 8.34. The lowest BCUT2D eigenvalue weighted by Gasteiger charge is -2.10. The van der Waals surface area contributed by atoms with Gasteiger partial charge in [-0.1, -0.05) is 18.2 Å². The van der Waals surface area contributed by atoms with Gasteiger partial charge in [-0.15, -0.1) is 0 Å². The van der Waals surface area contributed by atoms with Gasteiger partial charge in [-0.05, 0) is 12.1 Å². The minimum Gasteiger partial charge on any atom is -0.358 e. The Morgan fingerprint density at radius 1 is 1.15 bits per heavy atom. The summed E-state index contributed by atoms with van der Waals surface area (Å²) in [6.45, 7) is 1.09. The molecule has 0 fully saturated rings. The normalized spacial score (nSPS) is 10.4. The van der Waals surface area contributed by atoms with E-state index < -0.39 is 23.3 Å². The molecule has 3 aromatic rings. The number of hydrogen-bond donors (Lipinski definition) is 4. The summed E-state index contributed by atoms with van der Waals surface area (Å²) in [4.78, 5) is 41.8. The molecule has 3 rings (SSSR count). The average molecular weight is 367 g/mol. The van der Waals surface area contributed by atoms with Gasteiger partial charge in [-0.2, -0.15) is 0 Å². The third kappa shape index (κ3) is 3.43. The third-order valence-corrected chi connectivity index (χ3v) is 3.80. The maximum Gasteiger partial charge on any atom is 0.269 e. The SMILES string of the molecule is CC(=O)C(=O)c1c[nH]c2c(C(=N)NNC(=O)c3ccccc3)ncc(F)c12. The van der Waals surface area contributed by atoms with Crippen molar-refractivity contribution in [2.45, 2.75) is 6.92 Å². The Morgan fingerprint density at radius 2 is 1.85 bits per heavy atom. The minimum atomic E-state index is -0.853. The van der Waals surface area contributed by atoms with Gasteiger partial charge in [0, 0.05) is 18.7 Å². The molecule has 0 unspecified atom stereocenters. The predicted molar refractivity (Wildman–Crippen MR) is 94.9 cm³/mol. The number of nitrogens with zero attached hydrogens (tertiary/aromatic N) is 1. The molecule has 0 bridgehead atoms. The molecule has 0 aliphatic rings. The van der Waals surface area contributed by atoms with Crippen molar-refractivity contribution in [3.05, 3.63) is 65.4 Å². The van der Waals surface area contributed by atoms with Crippen molar-refractivity contribution in [3.8, 4) is 0 Å². The third-order valence-electron chi connectivity index (χ3n) is 3.80. The number of carbonyl (C=O) groups excluding carboxylic acids is 3. The molecular formula is C18H14FN5O3. The summed E-state index contributed by atoms with van der Waals surface area (Å²) < 4.78 is 14.2. The Kier molecular flexibility index (Phi) is 4.75. The highest BCUT2D eigenvalue weighted by atomic mass is 19.1. The number of Topliss-reactive ketones (excluding diaryl/α,β-unsaturated/α-hetero) is 2. The highest BCUT2D eigenvalue weighted by Gasteiger charge is 2.22. The van der Waals surface area contributed by atoms with Crippen LogP contribution in [0.1, 0.15) is 33.3 Å². The second-order valence-electron chi connectivity index (χ2n) is 5.61. The van der Waals surface area contributed by atoms with Crippen LogP contribution in [0.5, 0.6) is 0 Å². The highest BCUT2D eigenvalue weighted by Crippen LogP contribution is 2.24. The van der Waals surface area contributed by atoms with Crippen LogP contribution in [0.4, 0.5) is 4.39 Å². The van der Waals surface area contributed by atoms with Gasteiger partial charge in [0.15, 0.2) is 17.4 Å². The van der Waals surface area contributed by atoms with Crippen molar-refractivity contribution in [3.63, 3.8) is 0 Å². The van der Waals surface area contributed by atoms with Crippen LogP contribution in [0.25, 0.3) is 10.9 Å². The van der Waals surface area contributed by atoms with Crippen LogP contribution in [0, 0.1) is 11.2 Å². The largest absolute Gasteiger partial charge is 0.358 e. The van der Waals surface area contributed by atoms with Gasteiger partial charge in [0.25, 0.3) is 5.91 Å². The molecule has 27 heavy (non-hydrogen) atoms. The van der Waals surface area contributed by atoms with Crippen LogP contribution in [0.3, 0.4) is 0 Å². The number of amides is 1. The number of halogens is 1. The molecule has 1 aromatic carbocycles. The Hall–Kier alpha value is -3.88. The number of ketones is 2. The zero-order chi connectivity index (χ0) is 19.6.